The van der Waals surface area contributed by atoms with Crippen LogP contribution in [0.15, 0.2) is 23.2 Å². The third-order valence-corrected chi connectivity index (χ3v) is 5.67. The lowest BCUT2D eigenvalue weighted by Crippen LogP contribution is -2.43. The minimum absolute atomic E-state index is 0. The molecule has 0 amide bonds. The number of nitrogens with one attached hydrogen (secondary N) is 2. The van der Waals surface area contributed by atoms with Crippen LogP contribution in [-0.2, 0) is 11.3 Å². The normalized spacial score (nSPS) is 22.8. The molecule has 0 saturated carbocycles. The molecule has 0 aliphatic carbocycles. The van der Waals surface area contributed by atoms with Gasteiger partial charge in [-0.2, -0.15) is 0 Å². The van der Waals surface area contributed by atoms with Gasteiger partial charge in [0.15, 0.2) is 5.96 Å². The second-order valence-corrected chi connectivity index (χ2v) is 8.23. The highest BCUT2D eigenvalue weighted by atomic mass is 127. The third-order valence-electron chi connectivity index (χ3n) is 5.67. The number of halogens is 1. The molecule has 3 rings (SSSR count). The average Bonchev–Trinajstić information content (AvgIpc) is 3.21. The van der Waals surface area contributed by atoms with Crippen molar-refractivity contribution in [3.05, 3.63) is 29.3 Å². The van der Waals surface area contributed by atoms with E-state index in [-0.39, 0.29) is 24.0 Å². The summed E-state index contributed by atoms with van der Waals surface area (Å²) in [6.45, 7) is 8.52. The van der Waals surface area contributed by atoms with E-state index >= 15 is 0 Å². The van der Waals surface area contributed by atoms with Gasteiger partial charge in [-0.1, -0.05) is 12.1 Å². The van der Waals surface area contributed by atoms with E-state index in [0.717, 1.165) is 56.6 Å². The van der Waals surface area contributed by atoms with Crippen molar-refractivity contribution in [1.82, 2.24) is 15.5 Å². The van der Waals surface area contributed by atoms with Crippen LogP contribution < -0.4 is 15.4 Å². The van der Waals surface area contributed by atoms with Gasteiger partial charge in [-0.05, 0) is 57.3 Å². The van der Waals surface area contributed by atoms with E-state index in [0.29, 0.717) is 18.4 Å². The van der Waals surface area contributed by atoms with Crippen molar-refractivity contribution in [1.29, 1.82) is 0 Å². The molecule has 1 aromatic rings. The Morgan fingerprint density at radius 3 is 2.86 bits per heavy atom. The van der Waals surface area contributed by atoms with Crippen molar-refractivity contribution in [2.75, 3.05) is 53.6 Å². The zero-order valence-corrected chi connectivity index (χ0v) is 20.4. The fourth-order valence-electron chi connectivity index (χ4n) is 3.94. The van der Waals surface area contributed by atoms with E-state index in [1.807, 2.05) is 7.05 Å². The summed E-state index contributed by atoms with van der Waals surface area (Å²) in [5, 5.41) is 6.94. The number of nitrogens with zero attached hydrogens (tertiary/aromatic N) is 2. The molecule has 0 radical (unpaired) electrons. The minimum Gasteiger partial charge on any atom is -0.493 e. The van der Waals surface area contributed by atoms with Crippen molar-refractivity contribution in [3.8, 4) is 5.75 Å². The number of aryl methyl sites for hydroxylation is 1. The summed E-state index contributed by atoms with van der Waals surface area (Å²) in [6.07, 6.45) is 3.66. The van der Waals surface area contributed by atoms with Gasteiger partial charge in [-0.25, -0.2) is 0 Å². The van der Waals surface area contributed by atoms with E-state index in [1.54, 1.807) is 0 Å². The van der Waals surface area contributed by atoms with Crippen molar-refractivity contribution < 1.29 is 9.47 Å². The van der Waals surface area contributed by atoms with Gasteiger partial charge in [0.25, 0.3) is 0 Å². The van der Waals surface area contributed by atoms with Crippen LogP contribution in [0.4, 0.5) is 0 Å². The van der Waals surface area contributed by atoms with Gasteiger partial charge in [0.05, 0.1) is 13.2 Å². The highest BCUT2D eigenvalue weighted by molar-refractivity contribution is 14.0. The molecule has 0 bridgehead atoms. The summed E-state index contributed by atoms with van der Waals surface area (Å²) in [7, 11) is 4.03. The average molecular weight is 516 g/mol. The SMILES string of the molecule is CN=C(NCc1ccc(C)cc1OCC1CCOC1)NCC1CCCN(C)C1.I. The number of aliphatic imine (C=N–C) groups is 1. The lowest BCUT2D eigenvalue weighted by Gasteiger charge is -2.30. The Hall–Kier alpha value is -1.06. The zero-order valence-electron chi connectivity index (χ0n) is 18.1. The van der Waals surface area contributed by atoms with Gasteiger partial charge in [-0.15, -0.1) is 24.0 Å². The van der Waals surface area contributed by atoms with Gasteiger partial charge in [0.1, 0.15) is 5.75 Å². The lowest BCUT2D eigenvalue weighted by atomic mass is 9.99. The molecule has 6 nitrogen and oxygen atoms in total. The van der Waals surface area contributed by atoms with Crippen LogP contribution in [-0.4, -0.2) is 64.4 Å². The molecule has 2 heterocycles. The number of hydrogen-bond acceptors (Lipinski definition) is 4. The molecule has 29 heavy (non-hydrogen) atoms. The first-order valence-electron chi connectivity index (χ1n) is 10.6. The molecule has 2 N–H and O–H groups in total. The number of likely N-dealkylation sites (tertiary alicyclic amines) is 1. The van der Waals surface area contributed by atoms with Crippen LogP contribution in [0.5, 0.6) is 5.75 Å². The summed E-state index contributed by atoms with van der Waals surface area (Å²) in [5.41, 5.74) is 2.37. The van der Waals surface area contributed by atoms with Gasteiger partial charge < -0.3 is 25.0 Å². The molecular formula is C22H37IN4O2. The van der Waals surface area contributed by atoms with E-state index in [4.69, 9.17) is 9.47 Å². The highest BCUT2D eigenvalue weighted by Gasteiger charge is 2.18. The molecule has 2 fully saturated rings. The van der Waals surface area contributed by atoms with Crippen molar-refractivity contribution in [2.45, 2.75) is 32.7 Å². The minimum atomic E-state index is 0. The Kier molecular flexibility index (Phi) is 10.5. The van der Waals surface area contributed by atoms with Crippen LogP contribution in [0.2, 0.25) is 0 Å². The van der Waals surface area contributed by atoms with Crippen LogP contribution in [0.1, 0.15) is 30.4 Å². The van der Waals surface area contributed by atoms with E-state index < -0.39 is 0 Å². The fraction of sp³-hybridized carbons (Fsp3) is 0.682. The van der Waals surface area contributed by atoms with Crippen LogP contribution in [0.3, 0.4) is 0 Å². The number of piperidine rings is 1. The first-order valence-corrected chi connectivity index (χ1v) is 10.6. The van der Waals surface area contributed by atoms with Gasteiger partial charge >= 0.3 is 0 Å². The second-order valence-electron chi connectivity index (χ2n) is 8.23. The molecule has 2 saturated heterocycles. The molecule has 0 spiro atoms. The van der Waals surface area contributed by atoms with Crippen LogP contribution in [0.25, 0.3) is 0 Å². The summed E-state index contributed by atoms with van der Waals surface area (Å²) < 4.78 is 11.6. The summed E-state index contributed by atoms with van der Waals surface area (Å²) >= 11 is 0. The topological polar surface area (TPSA) is 58.1 Å². The molecular weight excluding hydrogens is 479 g/mol. The highest BCUT2D eigenvalue weighted by Crippen LogP contribution is 2.22. The van der Waals surface area contributed by atoms with Crippen LogP contribution in [0, 0.1) is 18.8 Å². The lowest BCUT2D eigenvalue weighted by molar-refractivity contribution is 0.166. The molecule has 7 heteroatoms. The molecule has 0 aromatic heterocycles. The van der Waals surface area contributed by atoms with Crippen LogP contribution >= 0.6 is 24.0 Å². The molecule has 2 atom stereocenters. The predicted molar refractivity (Wildman–Crippen MR) is 129 cm³/mol. The van der Waals surface area contributed by atoms with Gasteiger partial charge in [0.2, 0.25) is 0 Å². The largest absolute Gasteiger partial charge is 0.493 e. The van der Waals surface area contributed by atoms with Gasteiger partial charge in [-0.3, -0.25) is 4.99 Å². The van der Waals surface area contributed by atoms with Crippen molar-refractivity contribution in [3.63, 3.8) is 0 Å². The summed E-state index contributed by atoms with van der Waals surface area (Å²) in [4.78, 5) is 6.80. The second kappa shape index (κ2) is 12.6. The maximum Gasteiger partial charge on any atom is 0.191 e. The smallest absolute Gasteiger partial charge is 0.191 e. The molecule has 2 unspecified atom stereocenters. The Balaban J connectivity index is 0.00000300. The number of guanidine groups is 1. The number of rotatable bonds is 7. The first kappa shape index (κ1) is 24.2. The summed E-state index contributed by atoms with van der Waals surface area (Å²) in [6, 6.07) is 6.41. The monoisotopic (exact) mass is 516 g/mol. The number of benzene rings is 1. The third kappa shape index (κ3) is 7.94. The molecule has 164 valence electrons. The predicted octanol–water partition coefficient (Wildman–Crippen LogP) is 3.04. The summed E-state index contributed by atoms with van der Waals surface area (Å²) in [5.74, 6) is 3.00. The Bertz CT molecular complexity index is 650. The Morgan fingerprint density at radius 1 is 1.28 bits per heavy atom. The van der Waals surface area contributed by atoms with E-state index in [9.17, 15) is 0 Å². The van der Waals surface area contributed by atoms with Gasteiger partial charge in [0, 0.05) is 44.8 Å². The van der Waals surface area contributed by atoms with Crippen molar-refractivity contribution >= 4 is 29.9 Å². The fourth-order valence-corrected chi connectivity index (χ4v) is 3.94. The Morgan fingerprint density at radius 2 is 2.14 bits per heavy atom. The molecule has 2 aliphatic rings. The zero-order chi connectivity index (χ0) is 19.8. The maximum absolute atomic E-state index is 6.15. The van der Waals surface area contributed by atoms with Crippen molar-refractivity contribution in [2.24, 2.45) is 16.8 Å². The number of hydrogen-bond donors (Lipinski definition) is 2. The molecule has 2 aliphatic heterocycles. The number of ether oxygens (including phenoxy) is 2. The van der Waals surface area contributed by atoms with E-state index in [2.05, 4.69) is 52.7 Å². The first-order chi connectivity index (χ1) is 13.6. The maximum atomic E-state index is 6.15. The Labute approximate surface area is 192 Å². The standard InChI is InChI=1S/C22H36N4O2.HI/c1-17-6-7-20(21(11-17)28-16-19-8-10-27-15-19)13-25-22(23-2)24-12-18-5-4-9-26(3)14-18;/h6-7,11,18-19H,4-5,8-10,12-16H2,1-3H3,(H2,23,24,25);1H. The van der Waals surface area contributed by atoms with E-state index in [1.165, 1.54) is 24.9 Å². The quantitative estimate of drug-likeness (QED) is 0.332. The molecule has 1 aromatic carbocycles.